The summed E-state index contributed by atoms with van der Waals surface area (Å²) in [6.45, 7) is 0. The molecule has 1 heterocycles. The molecule has 0 amide bonds. The highest BCUT2D eigenvalue weighted by molar-refractivity contribution is 5.30. The van der Waals surface area contributed by atoms with Gasteiger partial charge in [-0.25, -0.2) is 4.98 Å². The van der Waals surface area contributed by atoms with Crippen molar-refractivity contribution < 1.29 is 13.2 Å². The largest absolute Gasteiger partial charge is 0.390 e. The molecule has 0 saturated carbocycles. The summed E-state index contributed by atoms with van der Waals surface area (Å²) < 4.78 is 35.8. The highest BCUT2D eigenvalue weighted by Crippen LogP contribution is 2.27. The second-order valence-corrected chi connectivity index (χ2v) is 2.94. The Balaban J connectivity index is 2.70. The molecule has 3 nitrogen and oxygen atoms in total. The molecule has 1 atom stereocenters. The average Bonchev–Trinajstić information content (AvgIpc) is 2.02. The molecule has 0 spiro atoms. The predicted octanol–water partition coefficient (Wildman–Crippen LogP) is 1.62. The lowest BCUT2D eigenvalue weighted by Crippen LogP contribution is -2.20. The second kappa shape index (κ2) is 3.83. The van der Waals surface area contributed by atoms with Crippen LogP contribution in [-0.4, -0.2) is 11.2 Å². The van der Waals surface area contributed by atoms with Gasteiger partial charge in [-0.15, -0.1) is 0 Å². The van der Waals surface area contributed by atoms with Gasteiger partial charge in [-0.3, -0.25) is 0 Å². The summed E-state index contributed by atoms with van der Waals surface area (Å²) in [6.07, 6.45) is -4.06. The molecule has 0 fully saturated rings. The smallest absolute Gasteiger partial charge is 0.384 e. The summed E-state index contributed by atoms with van der Waals surface area (Å²) in [6, 6.07) is 1.78. The molecule has 6 heteroatoms. The molecule has 0 saturated heterocycles. The van der Waals surface area contributed by atoms with E-state index in [4.69, 9.17) is 11.5 Å². The molecule has 14 heavy (non-hydrogen) atoms. The van der Waals surface area contributed by atoms with E-state index in [9.17, 15) is 13.2 Å². The third-order valence-electron chi connectivity index (χ3n) is 1.69. The number of nitrogens with two attached hydrogens (primary N) is 2. The van der Waals surface area contributed by atoms with E-state index in [2.05, 4.69) is 4.98 Å². The van der Waals surface area contributed by atoms with Crippen molar-refractivity contribution in [3.8, 4) is 0 Å². The van der Waals surface area contributed by atoms with Gasteiger partial charge in [-0.1, -0.05) is 6.07 Å². The Morgan fingerprint density at radius 1 is 1.36 bits per heavy atom. The van der Waals surface area contributed by atoms with E-state index in [0.717, 1.165) is 0 Å². The first-order valence-electron chi connectivity index (χ1n) is 3.92. The van der Waals surface area contributed by atoms with Crippen LogP contribution in [0.3, 0.4) is 0 Å². The number of hydrogen-bond donors (Lipinski definition) is 2. The molecular formula is C8H10F3N3. The number of nitrogen functional groups attached to an aromatic ring is 1. The lowest BCUT2D eigenvalue weighted by Gasteiger charge is -2.13. The first-order chi connectivity index (χ1) is 6.38. The van der Waals surface area contributed by atoms with Gasteiger partial charge in [0, 0.05) is 12.2 Å². The van der Waals surface area contributed by atoms with Gasteiger partial charge in [-0.05, 0) is 11.6 Å². The van der Waals surface area contributed by atoms with Gasteiger partial charge >= 0.3 is 6.18 Å². The summed E-state index contributed by atoms with van der Waals surface area (Å²) in [5.74, 6) is 0.257. The predicted molar refractivity (Wildman–Crippen MR) is 46.2 cm³/mol. The van der Waals surface area contributed by atoms with Gasteiger partial charge in [0.1, 0.15) is 5.82 Å². The molecule has 1 unspecified atom stereocenters. The quantitative estimate of drug-likeness (QED) is 0.770. The Kier molecular flexibility index (Phi) is 2.95. The Morgan fingerprint density at radius 2 is 2.00 bits per heavy atom. The summed E-state index contributed by atoms with van der Waals surface area (Å²) in [5.41, 5.74) is 10.9. The number of pyridine rings is 1. The Morgan fingerprint density at radius 3 is 2.43 bits per heavy atom. The maximum Gasteiger partial charge on any atom is 0.390 e. The van der Waals surface area contributed by atoms with Crippen LogP contribution < -0.4 is 11.5 Å². The molecule has 0 aromatic carbocycles. The summed E-state index contributed by atoms with van der Waals surface area (Å²) >= 11 is 0. The van der Waals surface area contributed by atoms with Crippen molar-refractivity contribution in [1.82, 2.24) is 4.98 Å². The molecule has 1 aromatic rings. The van der Waals surface area contributed by atoms with Crippen LogP contribution in [0.25, 0.3) is 0 Å². The molecule has 0 aliphatic carbocycles. The van der Waals surface area contributed by atoms with Gasteiger partial charge < -0.3 is 11.5 Å². The molecular weight excluding hydrogens is 195 g/mol. The maximum absolute atomic E-state index is 11.9. The van der Waals surface area contributed by atoms with Crippen molar-refractivity contribution in [2.45, 2.75) is 18.6 Å². The van der Waals surface area contributed by atoms with E-state index >= 15 is 0 Å². The topological polar surface area (TPSA) is 64.9 Å². The third-order valence-corrected chi connectivity index (χ3v) is 1.69. The van der Waals surface area contributed by atoms with Crippen LogP contribution in [0.5, 0.6) is 0 Å². The minimum absolute atomic E-state index is 0.257. The minimum atomic E-state index is -4.26. The Hall–Kier alpha value is -1.30. The summed E-state index contributed by atoms with van der Waals surface area (Å²) in [4.78, 5) is 3.66. The lowest BCUT2D eigenvalue weighted by atomic mass is 10.1. The molecule has 0 radical (unpaired) electrons. The number of hydrogen-bond acceptors (Lipinski definition) is 3. The highest BCUT2D eigenvalue weighted by Gasteiger charge is 2.30. The number of anilines is 1. The van der Waals surface area contributed by atoms with Gasteiger partial charge in [0.25, 0.3) is 0 Å². The van der Waals surface area contributed by atoms with Crippen LogP contribution >= 0.6 is 0 Å². The number of rotatable bonds is 2. The zero-order chi connectivity index (χ0) is 10.8. The van der Waals surface area contributed by atoms with E-state index in [1.807, 2.05) is 0 Å². The third kappa shape index (κ3) is 3.21. The first kappa shape index (κ1) is 10.8. The van der Waals surface area contributed by atoms with Gasteiger partial charge in [0.2, 0.25) is 0 Å². The Bertz CT molecular complexity index is 294. The molecule has 1 rings (SSSR count). The summed E-state index contributed by atoms with van der Waals surface area (Å²) in [7, 11) is 0. The van der Waals surface area contributed by atoms with Crippen molar-refractivity contribution in [3.05, 3.63) is 23.9 Å². The monoisotopic (exact) mass is 205 g/mol. The van der Waals surface area contributed by atoms with Crippen molar-refractivity contribution >= 4 is 5.82 Å². The van der Waals surface area contributed by atoms with Crippen LogP contribution in [0.1, 0.15) is 18.0 Å². The second-order valence-electron chi connectivity index (χ2n) is 2.94. The van der Waals surface area contributed by atoms with Crippen molar-refractivity contribution in [3.63, 3.8) is 0 Å². The summed E-state index contributed by atoms with van der Waals surface area (Å²) in [5, 5.41) is 0. The van der Waals surface area contributed by atoms with Crippen LogP contribution in [0.2, 0.25) is 0 Å². The molecule has 0 aliphatic heterocycles. The highest BCUT2D eigenvalue weighted by atomic mass is 19.4. The number of halogens is 3. The first-order valence-corrected chi connectivity index (χ1v) is 3.92. The molecule has 0 bridgehead atoms. The fourth-order valence-corrected chi connectivity index (χ4v) is 1.00. The van der Waals surface area contributed by atoms with E-state index in [-0.39, 0.29) is 5.82 Å². The van der Waals surface area contributed by atoms with E-state index in [1.54, 1.807) is 0 Å². The Labute approximate surface area is 78.9 Å². The SMILES string of the molecule is Nc1ccc(C(N)CC(F)(F)F)cn1. The molecule has 1 aromatic heterocycles. The zero-order valence-electron chi connectivity index (χ0n) is 7.25. The van der Waals surface area contributed by atoms with Crippen LogP contribution in [0.4, 0.5) is 19.0 Å². The number of aromatic nitrogens is 1. The van der Waals surface area contributed by atoms with Gasteiger partial charge in [0.05, 0.1) is 6.42 Å². The zero-order valence-corrected chi connectivity index (χ0v) is 7.25. The fourth-order valence-electron chi connectivity index (χ4n) is 1.00. The van der Waals surface area contributed by atoms with Crippen LogP contribution in [-0.2, 0) is 0 Å². The van der Waals surface area contributed by atoms with Crippen molar-refractivity contribution in [2.24, 2.45) is 5.73 Å². The fraction of sp³-hybridized carbons (Fsp3) is 0.375. The van der Waals surface area contributed by atoms with E-state index in [0.29, 0.717) is 5.56 Å². The van der Waals surface area contributed by atoms with Gasteiger partial charge in [-0.2, -0.15) is 13.2 Å². The average molecular weight is 205 g/mol. The molecule has 4 N–H and O–H groups in total. The minimum Gasteiger partial charge on any atom is -0.384 e. The molecule has 0 aliphatic rings. The van der Waals surface area contributed by atoms with Crippen LogP contribution in [0, 0.1) is 0 Å². The number of nitrogens with zero attached hydrogens (tertiary/aromatic N) is 1. The standard InChI is InChI=1S/C8H10F3N3/c9-8(10,11)3-6(12)5-1-2-7(13)14-4-5/h1-2,4,6H,3,12H2,(H2,13,14). The van der Waals surface area contributed by atoms with E-state index in [1.165, 1.54) is 18.3 Å². The van der Waals surface area contributed by atoms with E-state index < -0.39 is 18.6 Å². The lowest BCUT2D eigenvalue weighted by molar-refractivity contribution is -0.138. The van der Waals surface area contributed by atoms with Gasteiger partial charge in [0.15, 0.2) is 0 Å². The van der Waals surface area contributed by atoms with Crippen molar-refractivity contribution in [2.75, 3.05) is 5.73 Å². The molecule has 78 valence electrons. The van der Waals surface area contributed by atoms with Crippen LogP contribution in [0.15, 0.2) is 18.3 Å². The van der Waals surface area contributed by atoms with Crippen molar-refractivity contribution in [1.29, 1.82) is 0 Å². The number of alkyl halides is 3. The maximum atomic E-state index is 11.9. The normalized spacial score (nSPS) is 14.0.